The molecule has 0 aromatic rings. The Balaban J connectivity index is 1.75. The first kappa shape index (κ1) is 10.7. The average Bonchev–Trinajstić information content (AvgIpc) is 2.85. The van der Waals surface area contributed by atoms with Crippen LogP contribution in [0, 0.1) is 17.8 Å². The monoisotopic (exact) mass is 208 g/mol. The molecule has 15 heavy (non-hydrogen) atoms. The van der Waals surface area contributed by atoms with Crippen molar-refractivity contribution >= 4 is 5.97 Å². The van der Waals surface area contributed by atoms with Gasteiger partial charge in [-0.15, -0.1) is 0 Å². The van der Waals surface area contributed by atoms with Crippen molar-refractivity contribution in [3.63, 3.8) is 0 Å². The molecule has 0 N–H and O–H groups in total. The largest absolute Gasteiger partial charge is 0.465 e. The Kier molecular flexibility index (Phi) is 3.45. The predicted molar refractivity (Wildman–Crippen MR) is 59.3 cm³/mol. The highest BCUT2D eigenvalue weighted by molar-refractivity contribution is 5.68. The minimum atomic E-state index is -0.0487. The quantitative estimate of drug-likeness (QED) is 0.526. The molecule has 0 aromatic heterocycles. The highest BCUT2D eigenvalue weighted by Gasteiger charge is 2.49. The molecule has 1 fully saturated rings. The average molecular weight is 208 g/mol. The zero-order chi connectivity index (χ0) is 10.7. The van der Waals surface area contributed by atoms with Gasteiger partial charge in [-0.05, 0) is 43.4 Å². The maximum absolute atomic E-state index is 11.1. The van der Waals surface area contributed by atoms with Crippen LogP contribution < -0.4 is 0 Å². The fourth-order valence-electron chi connectivity index (χ4n) is 2.73. The Morgan fingerprint density at radius 1 is 1.27 bits per heavy atom. The van der Waals surface area contributed by atoms with E-state index in [0.29, 0.717) is 18.9 Å². The Labute approximate surface area is 91.7 Å². The summed E-state index contributed by atoms with van der Waals surface area (Å²) < 4.78 is 5.23. The fraction of sp³-hybridized carbons (Fsp3) is 0.769. The molecule has 0 aliphatic heterocycles. The van der Waals surface area contributed by atoms with Crippen molar-refractivity contribution < 1.29 is 9.53 Å². The maximum atomic E-state index is 11.1. The highest BCUT2D eigenvalue weighted by atomic mass is 16.5. The van der Waals surface area contributed by atoms with Crippen LogP contribution in [0.5, 0.6) is 0 Å². The zero-order valence-corrected chi connectivity index (χ0v) is 9.45. The van der Waals surface area contributed by atoms with Gasteiger partial charge in [0.25, 0.3) is 0 Å². The first-order valence-electron chi connectivity index (χ1n) is 6.13. The van der Waals surface area contributed by atoms with Crippen LogP contribution in [-0.2, 0) is 9.53 Å². The van der Waals surface area contributed by atoms with E-state index < -0.39 is 0 Å². The standard InChI is InChI=1S/C13H20O2/c1-2-13(14)15-9-12-10-7-5-3-4-6-8-11(10)12/h3-4,10-12H,2,5-9H2,1H3/b4-3+/t10-,11+,12+. The third kappa shape index (κ3) is 2.61. The fourth-order valence-corrected chi connectivity index (χ4v) is 2.73. The van der Waals surface area contributed by atoms with Crippen molar-refractivity contribution in [3.05, 3.63) is 12.2 Å². The number of rotatable bonds is 3. The molecule has 0 aromatic carbocycles. The summed E-state index contributed by atoms with van der Waals surface area (Å²) in [7, 11) is 0. The Morgan fingerprint density at radius 2 is 1.87 bits per heavy atom. The van der Waals surface area contributed by atoms with E-state index in [9.17, 15) is 4.79 Å². The number of fused-ring (bicyclic) bond motifs is 1. The number of hydrogen-bond acceptors (Lipinski definition) is 2. The van der Waals surface area contributed by atoms with E-state index in [1.54, 1.807) is 0 Å². The van der Waals surface area contributed by atoms with Gasteiger partial charge in [-0.3, -0.25) is 4.79 Å². The lowest BCUT2D eigenvalue weighted by molar-refractivity contribution is -0.143. The van der Waals surface area contributed by atoms with Gasteiger partial charge >= 0.3 is 5.97 Å². The second kappa shape index (κ2) is 4.82. The van der Waals surface area contributed by atoms with Gasteiger partial charge in [0.05, 0.1) is 6.61 Å². The molecule has 2 heteroatoms. The van der Waals surface area contributed by atoms with Crippen molar-refractivity contribution in [1.82, 2.24) is 0 Å². The van der Waals surface area contributed by atoms with Crippen molar-refractivity contribution in [1.29, 1.82) is 0 Å². The number of ether oxygens (including phenoxy) is 1. The number of allylic oxidation sites excluding steroid dienone is 2. The molecule has 0 bridgehead atoms. The summed E-state index contributed by atoms with van der Waals surface area (Å²) in [4.78, 5) is 11.1. The van der Waals surface area contributed by atoms with Crippen molar-refractivity contribution in [3.8, 4) is 0 Å². The molecule has 2 nitrogen and oxygen atoms in total. The number of hydrogen-bond donors (Lipinski definition) is 0. The molecule has 2 aliphatic carbocycles. The van der Waals surface area contributed by atoms with Gasteiger partial charge in [0.15, 0.2) is 0 Å². The predicted octanol–water partition coefficient (Wildman–Crippen LogP) is 2.93. The Bertz CT molecular complexity index is 241. The molecular formula is C13H20O2. The number of esters is 1. The second-order valence-electron chi connectivity index (χ2n) is 4.65. The topological polar surface area (TPSA) is 26.3 Å². The molecule has 2 aliphatic rings. The second-order valence-corrected chi connectivity index (χ2v) is 4.65. The minimum absolute atomic E-state index is 0.0487. The van der Waals surface area contributed by atoms with Gasteiger partial charge in [0.2, 0.25) is 0 Å². The van der Waals surface area contributed by atoms with Crippen LogP contribution in [0.25, 0.3) is 0 Å². The molecule has 0 radical (unpaired) electrons. The summed E-state index contributed by atoms with van der Waals surface area (Å²) >= 11 is 0. The first-order valence-corrected chi connectivity index (χ1v) is 6.13. The summed E-state index contributed by atoms with van der Waals surface area (Å²) in [5.74, 6) is 2.28. The molecule has 1 saturated carbocycles. The third-order valence-corrected chi connectivity index (χ3v) is 3.73. The van der Waals surface area contributed by atoms with Crippen LogP contribution in [0.4, 0.5) is 0 Å². The van der Waals surface area contributed by atoms with Crippen LogP contribution in [-0.4, -0.2) is 12.6 Å². The summed E-state index contributed by atoms with van der Waals surface area (Å²) in [6.07, 6.45) is 10.1. The van der Waals surface area contributed by atoms with Gasteiger partial charge < -0.3 is 4.74 Å². The zero-order valence-electron chi connectivity index (χ0n) is 9.45. The van der Waals surface area contributed by atoms with Crippen molar-refractivity contribution in [2.75, 3.05) is 6.61 Å². The molecule has 84 valence electrons. The maximum Gasteiger partial charge on any atom is 0.305 e. The molecule has 0 heterocycles. The SMILES string of the molecule is CCC(=O)OC[C@H]1[C@@H]2CC/C=C/CC[C@@H]21. The summed E-state index contributed by atoms with van der Waals surface area (Å²) in [6, 6.07) is 0. The molecule has 0 saturated heterocycles. The summed E-state index contributed by atoms with van der Waals surface area (Å²) in [5, 5.41) is 0. The van der Waals surface area contributed by atoms with Crippen LogP contribution in [0.2, 0.25) is 0 Å². The van der Waals surface area contributed by atoms with E-state index in [1.807, 2.05) is 6.92 Å². The Morgan fingerprint density at radius 3 is 2.40 bits per heavy atom. The third-order valence-electron chi connectivity index (χ3n) is 3.73. The molecule has 2 rings (SSSR count). The van der Waals surface area contributed by atoms with Gasteiger partial charge in [0, 0.05) is 6.42 Å². The lowest BCUT2D eigenvalue weighted by atomic mass is 10.1. The molecule has 0 unspecified atom stereocenters. The van der Waals surface area contributed by atoms with Crippen LogP contribution >= 0.6 is 0 Å². The van der Waals surface area contributed by atoms with Gasteiger partial charge in [-0.25, -0.2) is 0 Å². The highest BCUT2D eigenvalue weighted by Crippen LogP contribution is 2.52. The van der Waals surface area contributed by atoms with Crippen molar-refractivity contribution in [2.24, 2.45) is 17.8 Å². The lowest BCUT2D eigenvalue weighted by Gasteiger charge is -2.01. The first-order chi connectivity index (χ1) is 7.33. The van der Waals surface area contributed by atoms with Crippen molar-refractivity contribution in [2.45, 2.75) is 39.0 Å². The van der Waals surface area contributed by atoms with Crippen LogP contribution in [0.3, 0.4) is 0 Å². The van der Waals surface area contributed by atoms with E-state index in [1.165, 1.54) is 25.7 Å². The minimum Gasteiger partial charge on any atom is -0.465 e. The van der Waals surface area contributed by atoms with E-state index in [4.69, 9.17) is 4.74 Å². The van der Waals surface area contributed by atoms with Crippen LogP contribution in [0.1, 0.15) is 39.0 Å². The van der Waals surface area contributed by atoms with Crippen LogP contribution in [0.15, 0.2) is 12.2 Å². The summed E-state index contributed by atoms with van der Waals surface area (Å²) in [6.45, 7) is 2.52. The molecule has 0 spiro atoms. The normalized spacial score (nSPS) is 35.9. The van der Waals surface area contributed by atoms with E-state index in [-0.39, 0.29) is 5.97 Å². The Hall–Kier alpha value is -0.790. The number of carbonyl (C=O) groups excluding carboxylic acids is 1. The molecule has 3 atom stereocenters. The molecule has 0 amide bonds. The lowest BCUT2D eigenvalue weighted by Crippen LogP contribution is -2.06. The smallest absolute Gasteiger partial charge is 0.305 e. The summed E-state index contributed by atoms with van der Waals surface area (Å²) in [5.41, 5.74) is 0. The van der Waals surface area contributed by atoms with E-state index in [2.05, 4.69) is 12.2 Å². The molecular weight excluding hydrogens is 188 g/mol. The number of carbonyl (C=O) groups is 1. The van der Waals surface area contributed by atoms with Gasteiger partial charge in [-0.1, -0.05) is 19.1 Å². The van der Waals surface area contributed by atoms with E-state index in [0.717, 1.165) is 11.8 Å². The van der Waals surface area contributed by atoms with Gasteiger partial charge in [0.1, 0.15) is 0 Å². The van der Waals surface area contributed by atoms with Gasteiger partial charge in [-0.2, -0.15) is 0 Å². The van der Waals surface area contributed by atoms with E-state index >= 15 is 0 Å².